The number of ether oxygens (including phenoxy) is 1. The predicted molar refractivity (Wildman–Crippen MR) is 94.4 cm³/mol. The van der Waals surface area contributed by atoms with E-state index in [-0.39, 0.29) is 30.0 Å². The van der Waals surface area contributed by atoms with Gasteiger partial charge in [-0.15, -0.1) is 0 Å². The second-order valence-corrected chi connectivity index (χ2v) is 8.20. The van der Waals surface area contributed by atoms with E-state index < -0.39 is 21.9 Å². The van der Waals surface area contributed by atoms with Crippen LogP contribution in [-0.4, -0.2) is 63.1 Å². The van der Waals surface area contributed by atoms with E-state index in [4.69, 9.17) is 9.84 Å². The van der Waals surface area contributed by atoms with Crippen LogP contribution in [0.2, 0.25) is 0 Å². The molecular weight excluding hydrogens is 360 g/mol. The van der Waals surface area contributed by atoms with E-state index in [1.165, 1.54) is 43.1 Å². The van der Waals surface area contributed by atoms with E-state index in [2.05, 4.69) is 4.72 Å². The highest BCUT2D eigenvalue weighted by molar-refractivity contribution is 7.89. The van der Waals surface area contributed by atoms with Gasteiger partial charge in [-0.25, -0.2) is 13.1 Å². The summed E-state index contributed by atoms with van der Waals surface area (Å²) >= 11 is 0. The summed E-state index contributed by atoms with van der Waals surface area (Å²) in [5.74, 6) is -2.04. The van der Waals surface area contributed by atoms with Crippen LogP contribution in [-0.2, 0) is 19.6 Å². The summed E-state index contributed by atoms with van der Waals surface area (Å²) in [6.45, 7) is 2.45. The number of hydrogen-bond acceptors (Lipinski definition) is 5. The molecule has 2 atom stereocenters. The molecule has 1 aromatic rings. The van der Waals surface area contributed by atoms with Crippen molar-refractivity contribution in [3.63, 3.8) is 0 Å². The first-order valence-corrected chi connectivity index (χ1v) is 9.88. The highest BCUT2D eigenvalue weighted by atomic mass is 32.2. The van der Waals surface area contributed by atoms with Gasteiger partial charge in [0.1, 0.15) is 0 Å². The number of carbonyl (C=O) groups is 2. The molecule has 0 aliphatic carbocycles. The van der Waals surface area contributed by atoms with E-state index in [0.717, 1.165) is 12.8 Å². The Morgan fingerprint density at radius 3 is 2.54 bits per heavy atom. The largest absolute Gasteiger partial charge is 0.481 e. The number of nitrogens with zero attached hydrogens (tertiary/aromatic N) is 1. The first kappa shape index (κ1) is 20.3. The molecule has 0 radical (unpaired) electrons. The highest BCUT2D eigenvalue weighted by Crippen LogP contribution is 2.15. The Hall–Kier alpha value is -1.97. The van der Waals surface area contributed by atoms with Crippen molar-refractivity contribution >= 4 is 21.9 Å². The molecular formula is C17H24N2O6S. The Balaban J connectivity index is 1.99. The topological polar surface area (TPSA) is 113 Å². The Kier molecular flexibility index (Phi) is 6.74. The minimum absolute atomic E-state index is 0.0635. The number of carbonyl (C=O) groups excluding carboxylic acids is 1. The number of amides is 1. The number of carboxylic acid groups (broad SMARTS) is 1. The van der Waals surface area contributed by atoms with Gasteiger partial charge >= 0.3 is 5.97 Å². The lowest BCUT2D eigenvalue weighted by Gasteiger charge is -2.19. The molecule has 9 heteroatoms. The van der Waals surface area contributed by atoms with E-state index in [1.54, 1.807) is 0 Å². The van der Waals surface area contributed by atoms with E-state index in [0.29, 0.717) is 12.2 Å². The third-order valence-electron chi connectivity index (χ3n) is 4.25. The average molecular weight is 384 g/mol. The number of benzene rings is 1. The zero-order chi connectivity index (χ0) is 19.3. The summed E-state index contributed by atoms with van der Waals surface area (Å²) in [4.78, 5) is 24.6. The van der Waals surface area contributed by atoms with Gasteiger partial charge in [0.25, 0.3) is 5.91 Å². The Morgan fingerprint density at radius 2 is 2.00 bits per heavy atom. The molecule has 1 saturated heterocycles. The first-order chi connectivity index (χ1) is 12.2. The standard InChI is InChI=1S/C17H24N2O6S/c1-12(17(21)22)11-19(2)16(20)13-5-7-15(8-6-13)26(23,24)18-10-14-4-3-9-25-14/h5-8,12,14,18H,3-4,9-11H2,1-2H3,(H,21,22). The van der Waals surface area contributed by atoms with Crippen LogP contribution in [0.4, 0.5) is 0 Å². The van der Waals surface area contributed by atoms with Crippen LogP contribution in [0.3, 0.4) is 0 Å². The maximum absolute atomic E-state index is 12.3. The van der Waals surface area contributed by atoms with Crippen molar-refractivity contribution in [2.24, 2.45) is 5.92 Å². The second kappa shape index (κ2) is 8.61. The number of nitrogens with one attached hydrogen (secondary N) is 1. The van der Waals surface area contributed by atoms with Gasteiger partial charge in [0.2, 0.25) is 10.0 Å². The van der Waals surface area contributed by atoms with Gasteiger partial charge in [0.15, 0.2) is 0 Å². The Labute approximate surface area is 153 Å². The fraction of sp³-hybridized carbons (Fsp3) is 0.529. The van der Waals surface area contributed by atoms with Gasteiger partial charge in [-0.05, 0) is 37.1 Å². The molecule has 0 bridgehead atoms. The van der Waals surface area contributed by atoms with Crippen LogP contribution < -0.4 is 4.72 Å². The molecule has 144 valence electrons. The fourth-order valence-electron chi connectivity index (χ4n) is 2.66. The lowest BCUT2D eigenvalue weighted by molar-refractivity contribution is -0.141. The summed E-state index contributed by atoms with van der Waals surface area (Å²) in [6.07, 6.45) is 1.66. The molecule has 8 nitrogen and oxygen atoms in total. The third-order valence-corrected chi connectivity index (χ3v) is 5.69. The minimum Gasteiger partial charge on any atom is -0.481 e. The average Bonchev–Trinajstić information content (AvgIpc) is 3.13. The van der Waals surface area contributed by atoms with Crippen molar-refractivity contribution in [2.75, 3.05) is 26.7 Å². The number of aliphatic carboxylic acids is 1. The van der Waals surface area contributed by atoms with Crippen LogP contribution >= 0.6 is 0 Å². The molecule has 1 heterocycles. The molecule has 1 amide bonds. The van der Waals surface area contributed by atoms with E-state index >= 15 is 0 Å². The highest BCUT2D eigenvalue weighted by Gasteiger charge is 2.22. The molecule has 2 N–H and O–H groups in total. The van der Waals surface area contributed by atoms with Crippen LogP contribution in [0, 0.1) is 5.92 Å². The van der Waals surface area contributed by atoms with Gasteiger partial charge in [0, 0.05) is 32.3 Å². The fourth-order valence-corrected chi connectivity index (χ4v) is 3.73. The van der Waals surface area contributed by atoms with Crippen molar-refractivity contribution in [2.45, 2.75) is 30.8 Å². The number of carboxylic acids is 1. The first-order valence-electron chi connectivity index (χ1n) is 8.40. The van der Waals surface area contributed by atoms with Gasteiger partial charge in [-0.1, -0.05) is 6.92 Å². The zero-order valence-electron chi connectivity index (χ0n) is 14.8. The molecule has 0 saturated carbocycles. The smallest absolute Gasteiger partial charge is 0.308 e. The normalized spacial score (nSPS) is 18.5. The van der Waals surface area contributed by atoms with Gasteiger partial charge in [0.05, 0.1) is 16.9 Å². The third kappa shape index (κ3) is 5.26. The van der Waals surface area contributed by atoms with Crippen molar-refractivity contribution in [3.8, 4) is 0 Å². The Morgan fingerprint density at radius 1 is 1.35 bits per heavy atom. The minimum atomic E-state index is -3.67. The summed E-state index contributed by atoms with van der Waals surface area (Å²) in [5.41, 5.74) is 0.295. The number of sulfonamides is 1. The number of hydrogen-bond donors (Lipinski definition) is 2. The molecule has 0 spiro atoms. The molecule has 2 unspecified atom stereocenters. The van der Waals surface area contributed by atoms with Crippen molar-refractivity contribution in [3.05, 3.63) is 29.8 Å². The van der Waals surface area contributed by atoms with Gasteiger partial charge in [-0.2, -0.15) is 0 Å². The maximum Gasteiger partial charge on any atom is 0.308 e. The second-order valence-electron chi connectivity index (χ2n) is 6.44. The lowest BCUT2D eigenvalue weighted by atomic mass is 10.1. The van der Waals surface area contributed by atoms with Crippen molar-refractivity contribution in [1.82, 2.24) is 9.62 Å². The Bertz CT molecular complexity index is 741. The van der Waals surface area contributed by atoms with Crippen LogP contribution in [0.15, 0.2) is 29.2 Å². The SMILES string of the molecule is CC(CN(C)C(=O)c1ccc(S(=O)(=O)NCC2CCCO2)cc1)C(=O)O. The summed E-state index contributed by atoms with van der Waals surface area (Å²) < 4.78 is 32.5. The molecule has 0 aromatic heterocycles. The summed E-state index contributed by atoms with van der Waals surface area (Å²) in [6, 6.07) is 5.56. The molecule has 1 aliphatic heterocycles. The number of rotatable bonds is 8. The molecule has 26 heavy (non-hydrogen) atoms. The predicted octanol–water partition coefficient (Wildman–Crippen LogP) is 0.937. The summed E-state index contributed by atoms with van der Waals surface area (Å²) in [7, 11) is -2.16. The van der Waals surface area contributed by atoms with Crippen LogP contribution in [0.25, 0.3) is 0 Å². The van der Waals surface area contributed by atoms with Gasteiger partial charge in [-0.3, -0.25) is 9.59 Å². The molecule has 1 fully saturated rings. The monoisotopic (exact) mass is 384 g/mol. The zero-order valence-corrected chi connectivity index (χ0v) is 15.7. The molecule has 2 rings (SSSR count). The summed E-state index contributed by atoms with van der Waals surface area (Å²) in [5, 5.41) is 8.92. The van der Waals surface area contributed by atoms with E-state index in [1.807, 2.05) is 0 Å². The lowest BCUT2D eigenvalue weighted by Crippen LogP contribution is -2.34. The van der Waals surface area contributed by atoms with E-state index in [9.17, 15) is 18.0 Å². The quantitative estimate of drug-likeness (QED) is 0.690. The van der Waals surface area contributed by atoms with Crippen molar-refractivity contribution < 1.29 is 27.9 Å². The van der Waals surface area contributed by atoms with Crippen LogP contribution in [0.5, 0.6) is 0 Å². The van der Waals surface area contributed by atoms with Crippen molar-refractivity contribution in [1.29, 1.82) is 0 Å². The maximum atomic E-state index is 12.3. The van der Waals surface area contributed by atoms with Gasteiger partial charge < -0.3 is 14.7 Å². The molecule has 1 aliphatic rings. The molecule has 1 aromatic carbocycles. The van der Waals surface area contributed by atoms with Crippen LogP contribution in [0.1, 0.15) is 30.1 Å².